The second kappa shape index (κ2) is 5.15. The van der Waals surface area contributed by atoms with Crippen molar-refractivity contribution in [1.82, 2.24) is 4.90 Å². The molecule has 1 fully saturated rings. The molecule has 0 aromatic carbocycles. The summed E-state index contributed by atoms with van der Waals surface area (Å²) >= 11 is 0. The number of allylic oxidation sites excluding steroid dienone is 8. The Bertz CT molecular complexity index is 639. The van der Waals surface area contributed by atoms with Crippen molar-refractivity contribution in [3.63, 3.8) is 0 Å². The van der Waals surface area contributed by atoms with E-state index in [-0.39, 0.29) is 5.41 Å². The molecule has 0 radical (unpaired) electrons. The molecular weight excluding hydrogens is 266 g/mol. The van der Waals surface area contributed by atoms with Crippen molar-refractivity contribution in [2.24, 2.45) is 16.7 Å². The second-order valence-corrected chi connectivity index (χ2v) is 7.31. The molecule has 1 aliphatic heterocycles. The fraction of sp³-hybridized carbons (Fsp3) is 0.429. The zero-order valence-corrected chi connectivity index (χ0v) is 14.3. The van der Waals surface area contributed by atoms with Gasteiger partial charge in [0.15, 0.2) is 0 Å². The summed E-state index contributed by atoms with van der Waals surface area (Å²) in [5.74, 6) is 0.531. The first kappa shape index (κ1) is 15.1. The number of hydrogen-bond acceptors (Lipinski definition) is 1. The minimum absolute atomic E-state index is 0.281. The van der Waals surface area contributed by atoms with Gasteiger partial charge in [-0.05, 0) is 55.2 Å². The van der Waals surface area contributed by atoms with Crippen molar-refractivity contribution < 1.29 is 0 Å². The lowest BCUT2D eigenvalue weighted by molar-refractivity contribution is 0.339. The molecule has 1 heteroatoms. The van der Waals surface area contributed by atoms with Crippen molar-refractivity contribution in [2.45, 2.75) is 40.5 Å². The Kier molecular flexibility index (Phi) is 3.55. The second-order valence-electron chi connectivity index (χ2n) is 7.31. The van der Waals surface area contributed by atoms with Gasteiger partial charge in [-0.2, -0.15) is 0 Å². The molecule has 3 rings (SSSR count). The Hall–Kier alpha value is -1.76. The zero-order chi connectivity index (χ0) is 16.0. The van der Waals surface area contributed by atoms with E-state index < -0.39 is 0 Å². The van der Waals surface area contributed by atoms with Crippen molar-refractivity contribution >= 4 is 0 Å². The first-order valence-corrected chi connectivity index (χ1v) is 8.30. The van der Waals surface area contributed by atoms with Gasteiger partial charge in [0.05, 0.1) is 0 Å². The maximum absolute atomic E-state index is 4.41. The lowest BCUT2D eigenvalue weighted by Gasteiger charge is -2.38. The molecule has 1 saturated carbocycles. The van der Waals surface area contributed by atoms with Crippen molar-refractivity contribution in [3.05, 3.63) is 72.3 Å². The van der Waals surface area contributed by atoms with Crippen LogP contribution in [0.1, 0.15) is 40.5 Å². The highest BCUT2D eigenvalue weighted by Crippen LogP contribution is 2.71. The van der Waals surface area contributed by atoms with Gasteiger partial charge in [0.1, 0.15) is 0 Å². The molecule has 22 heavy (non-hydrogen) atoms. The number of rotatable bonds is 3. The van der Waals surface area contributed by atoms with Crippen molar-refractivity contribution in [2.75, 3.05) is 0 Å². The quantitative estimate of drug-likeness (QED) is 0.601. The average molecular weight is 293 g/mol. The van der Waals surface area contributed by atoms with Crippen LogP contribution < -0.4 is 0 Å². The van der Waals surface area contributed by atoms with Crippen LogP contribution in [-0.4, -0.2) is 4.90 Å². The molecule has 3 aliphatic rings. The monoisotopic (exact) mass is 293 g/mol. The first-order valence-electron chi connectivity index (χ1n) is 8.30. The predicted molar refractivity (Wildman–Crippen MR) is 94.9 cm³/mol. The van der Waals surface area contributed by atoms with Gasteiger partial charge in [0.2, 0.25) is 0 Å². The van der Waals surface area contributed by atoms with Crippen molar-refractivity contribution in [3.8, 4) is 0 Å². The zero-order valence-electron chi connectivity index (χ0n) is 14.3. The molecule has 1 nitrogen and oxygen atoms in total. The van der Waals surface area contributed by atoms with Crippen molar-refractivity contribution in [1.29, 1.82) is 0 Å². The average Bonchev–Trinajstić information content (AvgIpc) is 3.04. The summed E-state index contributed by atoms with van der Waals surface area (Å²) in [7, 11) is 0. The Balaban J connectivity index is 2.04. The molecule has 0 N–H and O–H groups in total. The van der Waals surface area contributed by atoms with Crippen LogP contribution in [-0.2, 0) is 0 Å². The summed E-state index contributed by atoms with van der Waals surface area (Å²) < 4.78 is 0. The molecule has 0 saturated heterocycles. The van der Waals surface area contributed by atoms with E-state index >= 15 is 0 Å². The molecule has 1 heterocycles. The SMILES string of the molecule is C=C1C2=C(C=CCC2C2(C=CC)CC2(C)C)C=CN1/C=C\C. The fourth-order valence-corrected chi connectivity index (χ4v) is 4.39. The lowest BCUT2D eigenvalue weighted by atomic mass is 9.71. The van der Waals surface area contributed by atoms with Gasteiger partial charge < -0.3 is 4.90 Å². The smallest absolute Gasteiger partial charge is 0.0418 e. The standard InChI is InChI=1S/C21H27N/c1-6-12-21(15-20(21,4)5)18-10-8-9-17-11-14-22(13-7-2)16(3)19(17)18/h6-9,11-14,18H,3,10,15H2,1-2,4-5H3/b12-6?,13-7-. The van der Waals surface area contributed by atoms with E-state index in [0.717, 1.165) is 12.1 Å². The minimum Gasteiger partial charge on any atom is -0.324 e. The molecule has 0 amide bonds. The van der Waals surface area contributed by atoms with Gasteiger partial charge in [-0.25, -0.2) is 0 Å². The van der Waals surface area contributed by atoms with Gasteiger partial charge in [-0.1, -0.05) is 50.8 Å². The van der Waals surface area contributed by atoms with Crippen LogP contribution in [0.3, 0.4) is 0 Å². The van der Waals surface area contributed by atoms with E-state index in [0.29, 0.717) is 11.3 Å². The third kappa shape index (κ3) is 2.06. The summed E-state index contributed by atoms with van der Waals surface area (Å²) in [5.41, 5.74) is 4.57. The van der Waals surface area contributed by atoms with Gasteiger partial charge in [-0.3, -0.25) is 0 Å². The van der Waals surface area contributed by atoms with Gasteiger partial charge in [-0.15, -0.1) is 0 Å². The molecule has 2 atom stereocenters. The predicted octanol–water partition coefficient (Wildman–Crippen LogP) is 5.73. The third-order valence-electron chi connectivity index (χ3n) is 5.63. The van der Waals surface area contributed by atoms with Crippen LogP contribution in [0.15, 0.2) is 72.3 Å². The maximum Gasteiger partial charge on any atom is 0.0418 e. The fourth-order valence-electron chi connectivity index (χ4n) is 4.39. The van der Waals surface area contributed by atoms with Gasteiger partial charge in [0.25, 0.3) is 0 Å². The van der Waals surface area contributed by atoms with E-state index in [1.807, 2.05) is 0 Å². The van der Waals surface area contributed by atoms with Gasteiger partial charge >= 0.3 is 0 Å². The number of hydrogen-bond donors (Lipinski definition) is 0. The van der Waals surface area contributed by atoms with Crippen LogP contribution in [0, 0.1) is 16.7 Å². The van der Waals surface area contributed by atoms with Crippen LogP contribution in [0.5, 0.6) is 0 Å². The van der Waals surface area contributed by atoms with E-state index in [1.165, 1.54) is 17.6 Å². The normalized spacial score (nSPS) is 33.2. The van der Waals surface area contributed by atoms with Gasteiger partial charge in [0, 0.05) is 23.5 Å². The molecular formula is C21H27N. The van der Waals surface area contributed by atoms with Crippen LogP contribution in [0.25, 0.3) is 0 Å². The molecule has 2 unspecified atom stereocenters. The topological polar surface area (TPSA) is 3.24 Å². The molecule has 0 aromatic heterocycles. The summed E-state index contributed by atoms with van der Waals surface area (Å²) in [4.78, 5) is 2.16. The molecule has 2 aliphatic carbocycles. The summed E-state index contributed by atoms with van der Waals surface area (Å²) in [6.07, 6.45) is 20.2. The Morgan fingerprint density at radius 1 is 1.23 bits per heavy atom. The highest BCUT2D eigenvalue weighted by Gasteiger charge is 2.64. The summed E-state index contributed by atoms with van der Waals surface area (Å²) in [6, 6.07) is 0. The number of nitrogens with zero attached hydrogens (tertiary/aromatic N) is 1. The van der Waals surface area contributed by atoms with E-state index in [1.54, 1.807) is 0 Å². The van der Waals surface area contributed by atoms with Crippen LogP contribution >= 0.6 is 0 Å². The summed E-state index contributed by atoms with van der Waals surface area (Å²) in [5, 5.41) is 0. The first-order chi connectivity index (χ1) is 10.5. The minimum atomic E-state index is 0.281. The largest absolute Gasteiger partial charge is 0.324 e. The van der Waals surface area contributed by atoms with E-state index in [9.17, 15) is 0 Å². The third-order valence-corrected chi connectivity index (χ3v) is 5.63. The Morgan fingerprint density at radius 3 is 2.55 bits per heavy atom. The summed E-state index contributed by atoms with van der Waals surface area (Å²) in [6.45, 7) is 13.4. The highest BCUT2D eigenvalue weighted by atomic mass is 15.1. The molecule has 0 spiro atoms. The molecule has 116 valence electrons. The van der Waals surface area contributed by atoms with E-state index in [4.69, 9.17) is 0 Å². The lowest BCUT2D eigenvalue weighted by Crippen LogP contribution is -2.28. The Labute approximate surface area is 135 Å². The Morgan fingerprint density at radius 2 is 1.95 bits per heavy atom. The maximum atomic E-state index is 4.41. The highest BCUT2D eigenvalue weighted by molar-refractivity contribution is 5.54. The van der Waals surface area contributed by atoms with E-state index in [2.05, 4.69) is 88.0 Å². The van der Waals surface area contributed by atoms with Crippen LogP contribution in [0.2, 0.25) is 0 Å². The molecule has 0 bridgehead atoms. The van der Waals surface area contributed by atoms with Crippen LogP contribution in [0.4, 0.5) is 0 Å². The molecule has 0 aromatic rings.